The summed E-state index contributed by atoms with van der Waals surface area (Å²) in [6.45, 7) is 11.7. The molecule has 114 valence electrons. The molecule has 0 aromatic heterocycles. The van der Waals surface area contributed by atoms with E-state index in [0.717, 1.165) is 58.5 Å². The zero-order chi connectivity index (χ0) is 14.1. The minimum absolute atomic E-state index is 0.113. The Morgan fingerprint density at radius 3 is 2.53 bits per heavy atom. The minimum Gasteiger partial charge on any atom is -0.394 e. The lowest BCUT2D eigenvalue weighted by molar-refractivity contribution is 0.0134. The monoisotopic (exact) mass is 272 g/mol. The second-order valence-corrected chi connectivity index (χ2v) is 5.85. The van der Waals surface area contributed by atoms with Crippen LogP contribution in [0.3, 0.4) is 0 Å². The molecule has 0 aliphatic carbocycles. The summed E-state index contributed by atoms with van der Waals surface area (Å²) < 4.78 is 5.67. The smallest absolute Gasteiger partial charge is 0.0610 e. The Labute approximate surface area is 118 Å². The van der Waals surface area contributed by atoms with E-state index in [4.69, 9.17) is 4.74 Å². The first-order valence-electron chi connectivity index (χ1n) is 7.83. The second-order valence-electron chi connectivity index (χ2n) is 5.85. The van der Waals surface area contributed by atoms with Gasteiger partial charge in [-0.2, -0.15) is 0 Å². The number of ether oxygens (including phenoxy) is 1. The second kappa shape index (κ2) is 8.90. The molecule has 1 saturated heterocycles. The number of aliphatic hydroxyl groups excluding tert-OH is 1. The molecule has 0 spiro atoms. The minimum atomic E-state index is -0.113. The Hall–Kier alpha value is -0.160. The van der Waals surface area contributed by atoms with Gasteiger partial charge < -0.3 is 20.1 Å². The van der Waals surface area contributed by atoms with Gasteiger partial charge in [0.1, 0.15) is 0 Å². The van der Waals surface area contributed by atoms with Gasteiger partial charge in [-0.15, -0.1) is 0 Å². The van der Waals surface area contributed by atoms with Crippen LogP contribution in [0, 0.1) is 0 Å². The van der Waals surface area contributed by atoms with E-state index < -0.39 is 0 Å². The van der Waals surface area contributed by atoms with Gasteiger partial charge in [0, 0.05) is 25.2 Å². The van der Waals surface area contributed by atoms with Crippen LogP contribution in [0.2, 0.25) is 0 Å². The number of hydrogen-bond acceptors (Lipinski definition) is 4. The third kappa shape index (κ3) is 6.21. The molecule has 1 unspecified atom stereocenters. The molecule has 4 heteroatoms. The normalized spacial score (nSPS) is 21.5. The maximum absolute atomic E-state index is 9.45. The first kappa shape index (κ1) is 16.9. The van der Waals surface area contributed by atoms with Crippen LogP contribution in [0.1, 0.15) is 46.5 Å². The molecule has 1 rings (SSSR count). The third-order valence-electron chi connectivity index (χ3n) is 4.09. The van der Waals surface area contributed by atoms with Crippen molar-refractivity contribution >= 4 is 0 Å². The van der Waals surface area contributed by atoms with Crippen molar-refractivity contribution < 1.29 is 9.84 Å². The van der Waals surface area contributed by atoms with E-state index in [0.29, 0.717) is 6.10 Å². The molecule has 0 saturated carbocycles. The molecule has 1 heterocycles. The van der Waals surface area contributed by atoms with Gasteiger partial charge in [0.2, 0.25) is 0 Å². The average molecular weight is 272 g/mol. The van der Waals surface area contributed by atoms with Gasteiger partial charge in [-0.05, 0) is 52.6 Å². The summed E-state index contributed by atoms with van der Waals surface area (Å²) in [5, 5.41) is 12.8. The van der Waals surface area contributed by atoms with Crippen molar-refractivity contribution in [3.8, 4) is 0 Å². The summed E-state index contributed by atoms with van der Waals surface area (Å²) in [5.74, 6) is 0. The van der Waals surface area contributed by atoms with Crippen molar-refractivity contribution in [3.05, 3.63) is 0 Å². The largest absolute Gasteiger partial charge is 0.394 e. The molecule has 1 aliphatic heterocycles. The van der Waals surface area contributed by atoms with Gasteiger partial charge in [-0.25, -0.2) is 0 Å². The number of nitrogens with zero attached hydrogens (tertiary/aromatic N) is 1. The highest BCUT2D eigenvalue weighted by atomic mass is 16.5. The fraction of sp³-hybridized carbons (Fsp3) is 1.00. The van der Waals surface area contributed by atoms with Crippen LogP contribution in [0.5, 0.6) is 0 Å². The van der Waals surface area contributed by atoms with Crippen LogP contribution in [0.4, 0.5) is 0 Å². The van der Waals surface area contributed by atoms with E-state index in [-0.39, 0.29) is 12.1 Å². The van der Waals surface area contributed by atoms with E-state index in [1.54, 1.807) is 0 Å². The Kier molecular flexibility index (Phi) is 7.91. The Balaban J connectivity index is 2.16. The summed E-state index contributed by atoms with van der Waals surface area (Å²) in [7, 11) is 0. The SMILES string of the molecule is CCNC(C)(CO)CCCN1CCC(OCC)CC1. The first-order valence-corrected chi connectivity index (χ1v) is 7.83. The summed E-state index contributed by atoms with van der Waals surface area (Å²) in [6, 6.07) is 0. The molecular formula is C15H32N2O2. The van der Waals surface area contributed by atoms with Crippen LogP contribution < -0.4 is 5.32 Å². The number of aliphatic hydroxyl groups is 1. The third-order valence-corrected chi connectivity index (χ3v) is 4.09. The number of nitrogens with one attached hydrogen (secondary N) is 1. The predicted octanol–water partition coefficient (Wildman–Crippen LogP) is 1.63. The number of likely N-dealkylation sites (N-methyl/N-ethyl adjacent to an activating group) is 1. The molecule has 4 nitrogen and oxygen atoms in total. The van der Waals surface area contributed by atoms with Crippen molar-refractivity contribution in [3.63, 3.8) is 0 Å². The molecule has 19 heavy (non-hydrogen) atoms. The van der Waals surface area contributed by atoms with Crippen LogP contribution in [0.15, 0.2) is 0 Å². The lowest BCUT2D eigenvalue weighted by Gasteiger charge is -2.33. The van der Waals surface area contributed by atoms with Gasteiger partial charge in [-0.1, -0.05) is 6.92 Å². The maximum Gasteiger partial charge on any atom is 0.0610 e. The summed E-state index contributed by atoms with van der Waals surface area (Å²) in [6.07, 6.45) is 4.98. The zero-order valence-electron chi connectivity index (χ0n) is 13.0. The molecular weight excluding hydrogens is 240 g/mol. The quantitative estimate of drug-likeness (QED) is 0.669. The molecule has 1 fully saturated rings. The van der Waals surface area contributed by atoms with Crippen molar-refractivity contribution in [2.24, 2.45) is 0 Å². The Morgan fingerprint density at radius 1 is 1.32 bits per heavy atom. The number of likely N-dealkylation sites (tertiary alicyclic amines) is 1. The topological polar surface area (TPSA) is 44.7 Å². The van der Waals surface area contributed by atoms with E-state index in [9.17, 15) is 5.11 Å². The average Bonchev–Trinajstić information content (AvgIpc) is 2.41. The molecule has 1 atom stereocenters. The predicted molar refractivity (Wildman–Crippen MR) is 79.5 cm³/mol. The number of piperidine rings is 1. The van der Waals surface area contributed by atoms with E-state index >= 15 is 0 Å². The zero-order valence-corrected chi connectivity index (χ0v) is 13.0. The molecule has 0 bridgehead atoms. The highest BCUT2D eigenvalue weighted by Crippen LogP contribution is 2.16. The van der Waals surface area contributed by atoms with Gasteiger partial charge in [0.25, 0.3) is 0 Å². The molecule has 0 aromatic carbocycles. The fourth-order valence-electron chi connectivity index (χ4n) is 2.88. The van der Waals surface area contributed by atoms with Gasteiger partial charge >= 0.3 is 0 Å². The van der Waals surface area contributed by atoms with Crippen LogP contribution in [-0.2, 0) is 4.74 Å². The highest BCUT2D eigenvalue weighted by Gasteiger charge is 2.23. The fourth-order valence-corrected chi connectivity index (χ4v) is 2.88. The van der Waals surface area contributed by atoms with E-state index in [1.165, 1.54) is 0 Å². The van der Waals surface area contributed by atoms with Gasteiger partial charge in [-0.3, -0.25) is 0 Å². The summed E-state index contributed by atoms with van der Waals surface area (Å²) in [4.78, 5) is 2.53. The van der Waals surface area contributed by atoms with Gasteiger partial charge in [0.05, 0.1) is 12.7 Å². The van der Waals surface area contributed by atoms with E-state index in [1.807, 2.05) is 0 Å². The first-order chi connectivity index (χ1) is 9.13. The van der Waals surface area contributed by atoms with Crippen molar-refractivity contribution in [1.29, 1.82) is 0 Å². The van der Waals surface area contributed by atoms with Gasteiger partial charge in [0.15, 0.2) is 0 Å². The number of rotatable bonds is 9. The lowest BCUT2D eigenvalue weighted by atomic mass is 9.96. The molecule has 1 aliphatic rings. The summed E-state index contributed by atoms with van der Waals surface area (Å²) >= 11 is 0. The Morgan fingerprint density at radius 2 is 2.00 bits per heavy atom. The molecule has 0 aromatic rings. The van der Waals surface area contributed by atoms with Crippen molar-refractivity contribution in [2.75, 3.05) is 39.4 Å². The Bertz CT molecular complexity index is 230. The molecule has 2 N–H and O–H groups in total. The van der Waals surface area contributed by atoms with Crippen molar-refractivity contribution in [2.45, 2.75) is 58.1 Å². The lowest BCUT2D eigenvalue weighted by Crippen LogP contribution is -2.46. The van der Waals surface area contributed by atoms with Crippen LogP contribution in [0.25, 0.3) is 0 Å². The summed E-state index contributed by atoms with van der Waals surface area (Å²) in [5.41, 5.74) is -0.113. The van der Waals surface area contributed by atoms with E-state index in [2.05, 4.69) is 31.0 Å². The maximum atomic E-state index is 9.45. The number of hydrogen-bond donors (Lipinski definition) is 2. The highest BCUT2D eigenvalue weighted by molar-refractivity contribution is 4.82. The molecule has 0 amide bonds. The van der Waals surface area contributed by atoms with Crippen LogP contribution in [-0.4, -0.2) is 61.0 Å². The molecule has 0 radical (unpaired) electrons. The van der Waals surface area contributed by atoms with Crippen LogP contribution >= 0.6 is 0 Å². The van der Waals surface area contributed by atoms with Crippen molar-refractivity contribution in [1.82, 2.24) is 10.2 Å². The standard InChI is InChI=1S/C15H32N2O2/c1-4-16-15(3,13-18)9-6-10-17-11-7-14(8-12-17)19-5-2/h14,16,18H,4-13H2,1-3H3.